The topological polar surface area (TPSA) is 39.1 Å². The molecule has 2 heterocycles. The van der Waals surface area contributed by atoms with Crippen molar-refractivity contribution < 1.29 is 4.74 Å². The second kappa shape index (κ2) is 4.82. The minimum atomic E-state index is 0.416. The molecule has 1 aliphatic heterocycles. The maximum Gasteiger partial charge on any atom is 0.132 e. The molecule has 4 heteroatoms. The van der Waals surface area contributed by atoms with Gasteiger partial charge in [-0.3, -0.25) is 4.68 Å². The lowest BCUT2D eigenvalue weighted by atomic mass is 10.2. The summed E-state index contributed by atoms with van der Waals surface area (Å²) in [6.45, 7) is 4.57. The first-order valence-corrected chi connectivity index (χ1v) is 6.29. The Balaban J connectivity index is 1.70. The molecule has 1 unspecified atom stereocenters. The number of aromatic nitrogens is 2. The molecule has 0 fully saturated rings. The normalized spacial score (nSPS) is 18.4. The number of hydrogen-bond donors (Lipinski definition) is 1. The number of rotatable bonds is 3. The van der Waals surface area contributed by atoms with Crippen LogP contribution in [0, 0.1) is 0 Å². The van der Waals surface area contributed by atoms with E-state index in [-0.39, 0.29) is 0 Å². The molecule has 1 N–H and O–H groups in total. The summed E-state index contributed by atoms with van der Waals surface area (Å²) in [4.78, 5) is 0. The molecule has 1 aromatic carbocycles. The summed E-state index contributed by atoms with van der Waals surface area (Å²) in [5.41, 5.74) is 2.23. The first-order valence-electron chi connectivity index (χ1n) is 6.29. The fraction of sp³-hybridized carbons (Fsp3) is 0.357. The summed E-state index contributed by atoms with van der Waals surface area (Å²) in [6, 6.07) is 12.4. The minimum Gasteiger partial charge on any atom is -0.487 e. The highest BCUT2D eigenvalue weighted by atomic mass is 16.5. The van der Waals surface area contributed by atoms with Gasteiger partial charge in [-0.15, -0.1) is 0 Å². The van der Waals surface area contributed by atoms with Crippen LogP contribution in [0.3, 0.4) is 0 Å². The minimum absolute atomic E-state index is 0.416. The predicted molar refractivity (Wildman–Crippen MR) is 69.4 cm³/mol. The zero-order chi connectivity index (χ0) is 12.4. The summed E-state index contributed by atoms with van der Waals surface area (Å²) in [5, 5.41) is 7.97. The van der Waals surface area contributed by atoms with Crippen LogP contribution in [-0.2, 0) is 13.2 Å². The Labute approximate surface area is 107 Å². The molecule has 4 nitrogen and oxygen atoms in total. The first-order chi connectivity index (χ1) is 8.83. The van der Waals surface area contributed by atoms with Gasteiger partial charge in [-0.2, -0.15) is 5.10 Å². The molecule has 0 aliphatic carbocycles. The third-order valence-corrected chi connectivity index (χ3v) is 3.16. The van der Waals surface area contributed by atoms with Gasteiger partial charge in [-0.05, 0) is 25.1 Å². The molecule has 3 rings (SSSR count). The van der Waals surface area contributed by atoms with Crippen molar-refractivity contribution in [1.29, 1.82) is 0 Å². The Kier molecular flexibility index (Phi) is 3.02. The van der Waals surface area contributed by atoms with Crippen molar-refractivity contribution in [2.24, 2.45) is 0 Å². The number of hydrogen-bond acceptors (Lipinski definition) is 3. The number of nitrogens with one attached hydrogen (secondary N) is 1. The molecule has 1 aromatic heterocycles. The smallest absolute Gasteiger partial charge is 0.132 e. The second-order valence-corrected chi connectivity index (χ2v) is 4.65. The van der Waals surface area contributed by atoms with Gasteiger partial charge >= 0.3 is 0 Å². The zero-order valence-electron chi connectivity index (χ0n) is 10.5. The van der Waals surface area contributed by atoms with E-state index in [0.29, 0.717) is 12.6 Å². The van der Waals surface area contributed by atoms with E-state index >= 15 is 0 Å². The van der Waals surface area contributed by atoms with Crippen molar-refractivity contribution in [3.8, 4) is 5.75 Å². The van der Waals surface area contributed by atoms with Crippen molar-refractivity contribution in [2.75, 3.05) is 6.54 Å². The second-order valence-electron chi connectivity index (χ2n) is 4.65. The van der Waals surface area contributed by atoms with E-state index in [1.54, 1.807) is 0 Å². The van der Waals surface area contributed by atoms with E-state index in [4.69, 9.17) is 4.74 Å². The molecular formula is C14H17N3O. The van der Waals surface area contributed by atoms with Crippen molar-refractivity contribution in [3.05, 3.63) is 47.8 Å². The number of ether oxygens (including phenoxy) is 1. The standard InChI is InChI=1S/C14H17N3O/c1-11-8-15-9-13-7-12(16-17(11)13)10-18-14-5-3-2-4-6-14/h2-7,11,15H,8-10H2,1H3. The quantitative estimate of drug-likeness (QED) is 0.897. The summed E-state index contributed by atoms with van der Waals surface area (Å²) in [5.74, 6) is 0.884. The third-order valence-electron chi connectivity index (χ3n) is 3.16. The fourth-order valence-corrected chi connectivity index (χ4v) is 2.24. The van der Waals surface area contributed by atoms with Crippen LogP contribution in [-0.4, -0.2) is 16.3 Å². The Morgan fingerprint density at radius 2 is 2.22 bits per heavy atom. The highest BCUT2D eigenvalue weighted by Crippen LogP contribution is 2.17. The monoisotopic (exact) mass is 243 g/mol. The van der Waals surface area contributed by atoms with Gasteiger partial charge in [-0.1, -0.05) is 18.2 Å². The van der Waals surface area contributed by atoms with Crippen LogP contribution in [0.2, 0.25) is 0 Å². The number of para-hydroxylation sites is 1. The van der Waals surface area contributed by atoms with Crippen LogP contribution < -0.4 is 10.1 Å². The van der Waals surface area contributed by atoms with Crippen LogP contribution in [0.4, 0.5) is 0 Å². The van der Waals surface area contributed by atoms with E-state index in [9.17, 15) is 0 Å². The number of fused-ring (bicyclic) bond motifs is 1. The highest BCUT2D eigenvalue weighted by molar-refractivity contribution is 5.21. The molecule has 0 saturated carbocycles. The predicted octanol–water partition coefficient (Wildman–Crippen LogP) is 2.13. The maximum atomic E-state index is 5.71. The molecule has 1 atom stereocenters. The van der Waals surface area contributed by atoms with E-state index in [1.165, 1.54) is 5.69 Å². The first kappa shape index (κ1) is 11.3. The van der Waals surface area contributed by atoms with Gasteiger partial charge in [0.2, 0.25) is 0 Å². The SMILES string of the molecule is CC1CNCc2cc(COc3ccccc3)nn21. The number of nitrogens with zero attached hydrogens (tertiary/aromatic N) is 2. The van der Waals surface area contributed by atoms with Crippen LogP contribution in [0.15, 0.2) is 36.4 Å². The highest BCUT2D eigenvalue weighted by Gasteiger charge is 2.17. The molecule has 2 aromatic rings. The van der Waals surface area contributed by atoms with Gasteiger partial charge < -0.3 is 10.1 Å². The Hall–Kier alpha value is -1.81. The zero-order valence-corrected chi connectivity index (χ0v) is 10.5. The fourth-order valence-electron chi connectivity index (χ4n) is 2.24. The van der Waals surface area contributed by atoms with Crippen LogP contribution in [0.1, 0.15) is 24.4 Å². The van der Waals surface area contributed by atoms with Gasteiger partial charge in [0.25, 0.3) is 0 Å². The van der Waals surface area contributed by atoms with Crippen molar-refractivity contribution in [1.82, 2.24) is 15.1 Å². The average molecular weight is 243 g/mol. The molecule has 18 heavy (non-hydrogen) atoms. The molecule has 0 radical (unpaired) electrons. The lowest BCUT2D eigenvalue weighted by Crippen LogP contribution is -2.31. The maximum absolute atomic E-state index is 5.71. The van der Waals surface area contributed by atoms with Crippen LogP contribution >= 0.6 is 0 Å². The van der Waals surface area contributed by atoms with E-state index in [1.807, 2.05) is 30.3 Å². The van der Waals surface area contributed by atoms with Gasteiger partial charge in [0.1, 0.15) is 18.1 Å². The summed E-state index contributed by atoms with van der Waals surface area (Å²) >= 11 is 0. The van der Waals surface area contributed by atoms with Gasteiger partial charge in [0.15, 0.2) is 0 Å². The van der Waals surface area contributed by atoms with Crippen molar-refractivity contribution in [2.45, 2.75) is 26.1 Å². The van der Waals surface area contributed by atoms with Crippen molar-refractivity contribution in [3.63, 3.8) is 0 Å². The summed E-state index contributed by atoms with van der Waals surface area (Å²) < 4.78 is 7.81. The molecular weight excluding hydrogens is 226 g/mol. The lowest BCUT2D eigenvalue weighted by molar-refractivity contribution is 0.297. The van der Waals surface area contributed by atoms with Crippen LogP contribution in [0.5, 0.6) is 5.75 Å². The third kappa shape index (κ3) is 2.24. The van der Waals surface area contributed by atoms with Gasteiger partial charge in [0, 0.05) is 13.1 Å². The Bertz CT molecular complexity index is 521. The molecule has 94 valence electrons. The van der Waals surface area contributed by atoms with Crippen molar-refractivity contribution >= 4 is 0 Å². The molecule has 0 spiro atoms. The Morgan fingerprint density at radius 3 is 3.00 bits per heavy atom. The van der Waals surface area contributed by atoms with E-state index in [2.05, 4.69) is 28.1 Å². The molecule has 1 aliphatic rings. The Morgan fingerprint density at radius 1 is 1.39 bits per heavy atom. The lowest BCUT2D eigenvalue weighted by Gasteiger charge is -2.21. The largest absolute Gasteiger partial charge is 0.487 e. The van der Waals surface area contributed by atoms with Crippen LogP contribution in [0.25, 0.3) is 0 Å². The van der Waals surface area contributed by atoms with E-state index in [0.717, 1.165) is 24.5 Å². The van der Waals surface area contributed by atoms with E-state index < -0.39 is 0 Å². The average Bonchev–Trinajstić information content (AvgIpc) is 2.82. The molecule has 0 bridgehead atoms. The van der Waals surface area contributed by atoms with Gasteiger partial charge in [-0.25, -0.2) is 0 Å². The molecule has 0 saturated heterocycles. The van der Waals surface area contributed by atoms with Gasteiger partial charge in [0.05, 0.1) is 11.7 Å². The summed E-state index contributed by atoms with van der Waals surface area (Å²) in [6.07, 6.45) is 0. The summed E-state index contributed by atoms with van der Waals surface area (Å²) in [7, 11) is 0. The number of benzene rings is 1. The molecule has 0 amide bonds.